The van der Waals surface area contributed by atoms with Gasteiger partial charge in [0, 0.05) is 25.2 Å². The van der Waals surface area contributed by atoms with Gasteiger partial charge in [-0.15, -0.1) is 0 Å². The van der Waals surface area contributed by atoms with E-state index < -0.39 is 0 Å². The number of likely N-dealkylation sites (tertiary alicyclic amines) is 2. The molecular weight excluding hydrogens is 222 g/mol. The maximum absolute atomic E-state index is 9.22. The molecule has 2 saturated heterocycles. The van der Waals surface area contributed by atoms with Crippen molar-refractivity contribution >= 4 is 0 Å². The molecule has 3 aliphatic rings. The largest absolute Gasteiger partial charge is 0.299 e. The molecule has 100 valence electrons. The first-order valence-corrected chi connectivity index (χ1v) is 7.76. The Kier molecular flexibility index (Phi) is 3.86. The molecule has 0 aromatic rings. The second-order valence-corrected chi connectivity index (χ2v) is 6.27. The lowest BCUT2D eigenvalue weighted by molar-refractivity contribution is 0.147. The van der Waals surface area contributed by atoms with E-state index in [0.717, 1.165) is 12.5 Å². The van der Waals surface area contributed by atoms with E-state index in [0.29, 0.717) is 12.0 Å². The first-order chi connectivity index (χ1) is 8.88. The van der Waals surface area contributed by atoms with Gasteiger partial charge in [0.25, 0.3) is 0 Å². The summed E-state index contributed by atoms with van der Waals surface area (Å²) in [5, 5.41) is 9.22. The molecule has 0 aromatic heterocycles. The molecule has 3 nitrogen and oxygen atoms in total. The minimum absolute atomic E-state index is 0.310. The molecule has 0 bridgehead atoms. The molecule has 0 N–H and O–H groups in total. The Morgan fingerprint density at radius 3 is 2.44 bits per heavy atom. The topological polar surface area (TPSA) is 30.3 Å². The molecule has 0 spiro atoms. The summed E-state index contributed by atoms with van der Waals surface area (Å²) in [7, 11) is 0. The normalized spacial score (nSPS) is 38.9. The molecule has 0 radical (unpaired) electrons. The van der Waals surface area contributed by atoms with Crippen LogP contribution in [-0.4, -0.2) is 48.1 Å². The van der Waals surface area contributed by atoms with Crippen LogP contribution < -0.4 is 0 Å². The Bertz CT molecular complexity index is 316. The summed E-state index contributed by atoms with van der Waals surface area (Å²) >= 11 is 0. The van der Waals surface area contributed by atoms with Gasteiger partial charge in [0.1, 0.15) is 0 Å². The smallest absolute Gasteiger partial charge is 0.0672 e. The molecule has 3 fully saturated rings. The number of piperidine rings is 1. The van der Waals surface area contributed by atoms with E-state index in [2.05, 4.69) is 15.9 Å². The lowest BCUT2D eigenvalue weighted by atomic mass is 10.0. The van der Waals surface area contributed by atoms with Crippen molar-refractivity contribution in [2.75, 3.05) is 26.2 Å². The highest BCUT2D eigenvalue weighted by molar-refractivity contribution is 5.00. The molecule has 2 heterocycles. The van der Waals surface area contributed by atoms with Crippen molar-refractivity contribution in [3.05, 3.63) is 0 Å². The van der Waals surface area contributed by atoms with Crippen LogP contribution in [0.2, 0.25) is 0 Å². The molecule has 2 aliphatic heterocycles. The van der Waals surface area contributed by atoms with Crippen LogP contribution in [0.4, 0.5) is 0 Å². The second kappa shape index (κ2) is 5.59. The standard InChI is InChI=1S/C15H25N3/c16-11-13-5-4-6-15(13)18-10-7-14(12-18)17-8-2-1-3-9-17/h13-15H,1-10,12H2. The predicted molar refractivity (Wildman–Crippen MR) is 72.1 cm³/mol. The van der Waals surface area contributed by atoms with E-state index in [1.54, 1.807) is 0 Å². The molecule has 0 amide bonds. The van der Waals surface area contributed by atoms with Crippen molar-refractivity contribution < 1.29 is 0 Å². The molecule has 3 heteroatoms. The zero-order valence-corrected chi connectivity index (χ0v) is 11.4. The fourth-order valence-corrected chi connectivity index (χ4v) is 4.18. The minimum atomic E-state index is 0.310. The molecular formula is C15H25N3. The maximum atomic E-state index is 9.22. The average molecular weight is 247 g/mol. The highest BCUT2D eigenvalue weighted by atomic mass is 15.3. The first-order valence-electron chi connectivity index (χ1n) is 7.76. The maximum Gasteiger partial charge on any atom is 0.0672 e. The summed E-state index contributed by atoms with van der Waals surface area (Å²) in [5.74, 6) is 0.310. The lowest BCUT2D eigenvalue weighted by Crippen LogP contribution is -2.43. The van der Waals surface area contributed by atoms with Crippen LogP contribution in [0.3, 0.4) is 0 Å². The average Bonchev–Trinajstić information content (AvgIpc) is 3.08. The summed E-state index contributed by atoms with van der Waals surface area (Å²) in [6, 6.07) is 3.89. The van der Waals surface area contributed by atoms with Gasteiger partial charge in [-0.05, 0) is 45.2 Å². The van der Waals surface area contributed by atoms with Crippen molar-refractivity contribution in [1.82, 2.24) is 9.80 Å². The third-order valence-electron chi connectivity index (χ3n) is 5.22. The minimum Gasteiger partial charge on any atom is -0.299 e. The van der Waals surface area contributed by atoms with Crippen LogP contribution in [0.15, 0.2) is 0 Å². The van der Waals surface area contributed by atoms with Gasteiger partial charge in [0.15, 0.2) is 0 Å². The Morgan fingerprint density at radius 2 is 1.67 bits per heavy atom. The highest BCUT2D eigenvalue weighted by Gasteiger charge is 2.37. The van der Waals surface area contributed by atoms with Gasteiger partial charge in [-0.1, -0.05) is 12.8 Å². The van der Waals surface area contributed by atoms with Crippen molar-refractivity contribution in [2.45, 2.75) is 57.0 Å². The zero-order chi connectivity index (χ0) is 12.4. The fourth-order valence-electron chi connectivity index (χ4n) is 4.18. The van der Waals surface area contributed by atoms with Gasteiger partial charge in [-0.2, -0.15) is 5.26 Å². The fraction of sp³-hybridized carbons (Fsp3) is 0.933. The van der Waals surface area contributed by atoms with E-state index in [4.69, 9.17) is 0 Å². The lowest BCUT2D eigenvalue weighted by Gasteiger charge is -2.33. The third kappa shape index (κ3) is 2.41. The number of rotatable bonds is 2. The van der Waals surface area contributed by atoms with E-state index in [1.165, 1.54) is 64.7 Å². The molecule has 18 heavy (non-hydrogen) atoms. The van der Waals surface area contributed by atoms with Crippen molar-refractivity contribution in [1.29, 1.82) is 5.26 Å². The van der Waals surface area contributed by atoms with Crippen LogP contribution >= 0.6 is 0 Å². The quantitative estimate of drug-likeness (QED) is 0.749. The summed E-state index contributed by atoms with van der Waals surface area (Å²) < 4.78 is 0. The summed E-state index contributed by atoms with van der Waals surface area (Å²) in [6.07, 6.45) is 9.17. The Balaban J connectivity index is 1.56. The summed E-state index contributed by atoms with van der Waals surface area (Å²) in [5.41, 5.74) is 0. The van der Waals surface area contributed by atoms with Crippen molar-refractivity contribution in [2.24, 2.45) is 5.92 Å². The number of nitriles is 1. The van der Waals surface area contributed by atoms with Crippen LogP contribution in [0, 0.1) is 17.2 Å². The molecule has 3 atom stereocenters. The second-order valence-electron chi connectivity index (χ2n) is 6.27. The van der Waals surface area contributed by atoms with Gasteiger partial charge in [-0.3, -0.25) is 9.80 Å². The summed E-state index contributed by atoms with van der Waals surface area (Å²) in [6.45, 7) is 5.07. The van der Waals surface area contributed by atoms with E-state index in [1.807, 2.05) is 0 Å². The van der Waals surface area contributed by atoms with Crippen LogP contribution in [0.5, 0.6) is 0 Å². The molecule has 1 saturated carbocycles. The van der Waals surface area contributed by atoms with Crippen molar-refractivity contribution in [3.63, 3.8) is 0 Å². The van der Waals surface area contributed by atoms with Gasteiger partial charge < -0.3 is 0 Å². The predicted octanol–water partition coefficient (Wildman–Crippen LogP) is 2.24. The number of nitrogens with zero attached hydrogens (tertiary/aromatic N) is 3. The molecule has 3 unspecified atom stereocenters. The van der Waals surface area contributed by atoms with E-state index in [-0.39, 0.29) is 0 Å². The van der Waals surface area contributed by atoms with Crippen LogP contribution in [0.25, 0.3) is 0 Å². The van der Waals surface area contributed by atoms with E-state index >= 15 is 0 Å². The molecule has 0 aromatic carbocycles. The number of hydrogen-bond acceptors (Lipinski definition) is 3. The Labute approximate surface area is 111 Å². The SMILES string of the molecule is N#CC1CCCC1N1CCC(N2CCCCC2)C1. The van der Waals surface area contributed by atoms with E-state index in [9.17, 15) is 5.26 Å². The summed E-state index contributed by atoms with van der Waals surface area (Å²) in [4.78, 5) is 5.33. The Morgan fingerprint density at radius 1 is 0.833 bits per heavy atom. The van der Waals surface area contributed by atoms with Gasteiger partial charge in [-0.25, -0.2) is 0 Å². The molecule has 1 aliphatic carbocycles. The van der Waals surface area contributed by atoms with Crippen LogP contribution in [0.1, 0.15) is 44.9 Å². The highest BCUT2D eigenvalue weighted by Crippen LogP contribution is 2.32. The number of hydrogen-bond donors (Lipinski definition) is 0. The van der Waals surface area contributed by atoms with Crippen molar-refractivity contribution in [3.8, 4) is 6.07 Å². The van der Waals surface area contributed by atoms with Gasteiger partial charge >= 0.3 is 0 Å². The molecule has 3 rings (SSSR count). The van der Waals surface area contributed by atoms with Gasteiger partial charge in [0.05, 0.1) is 12.0 Å². The third-order valence-corrected chi connectivity index (χ3v) is 5.22. The zero-order valence-electron chi connectivity index (χ0n) is 11.4. The van der Waals surface area contributed by atoms with Gasteiger partial charge in [0.2, 0.25) is 0 Å². The Hall–Kier alpha value is -0.590. The monoisotopic (exact) mass is 247 g/mol. The van der Waals surface area contributed by atoms with Crippen LogP contribution in [-0.2, 0) is 0 Å². The first kappa shape index (κ1) is 12.4.